The molecule has 0 unspecified atom stereocenters. The lowest BCUT2D eigenvalue weighted by atomic mass is 10.2. The summed E-state index contributed by atoms with van der Waals surface area (Å²) in [6.45, 7) is 2.14. The van der Waals surface area contributed by atoms with E-state index in [1.807, 2.05) is 19.1 Å². The molecule has 0 fully saturated rings. The van der Waals surface area contributed by atoms with Crippen LogP contribution in [-0.2, 0) is 6.61 Å². The summed E-state index contributed by atoms with van der Waals surface area (Å²) in [6, 6.07) is 10.3. The zero-order chi connectivity index (χ0) is 13.1. The van der Waals surface area contributed by atoms with E-state index in [2.05, 4.69) is 15.9 Å². The third kappa shape index (κ3) is 3.01. The van der Waals surface area contributed by atoms with E-state index in [1.165, 1.54) is 6.07 Å². The van der Waals surface area contributed by atoms with E-state index in [0.29, 0.717) is 5.69 Å². The number of hydrogen-bond donors (Lipinski definition) is 1. The van der Waals surface area contributed by atoms with Crippen molar-refractivity contribution in [2.75, 3.05) is 5.73 Å². The van der Waals surface area contributed by atoms with Crippen LogP contribution in [0.1, 0.15) is 11.1 Å². The molecule has 0 aliphatic rings. The number of hydrogen-bond acceptors (Lipinski definition) is 2. The Morgan fingerprint density at radius 3 is 2.72 bits per heavy atom. The third-order valence-electron chi connectivity index (χ3n) is 2.58. The highest BCUT2D eigenvalue weighted by Gasteiger charge is 2.05. The lowest BCUT2D eigenvalue weighted by Crippen LogP contribution is -2.01. The average molecular weight is 310 g/mol. The second-order valence-corrected chi connectivity index (χ2v) is 4.98. The first kappa shape index (κ1) is 12.9. The Kier molecular flexibility index (Phi) is 3.87. The van der Waals surface area contributed by atoms with E-state index < -0.39 is 0 Å². The van der Waals surface area contributed by atoms with Crippen molar-refractivity contribution in [2.45, 2.75) is 13.5 Å². The molecule has 2 nitrogen and oxygen atoms in total. The van der Waals surface area contributed by atoms with Gasteiger partial charge in [-0.1, -0.05) is 28.1 Å². The topological polar surface area (TPSA) is 35.2 Å². The Balaban J connectivity index is 2.13. The van der Waals surface area contributed by atoms with Gasteiger partial charge in [0.2, 0.25) is 0 Å². The lowest BCUT2D eigenvalue weighted by molar-refractivity contribution is 0.290. The zero-order valence-electron chi connectivity index (χ0n) is 9.91. The van der Waals surface area contributed by atoms with Crippen LogP contribution in [-0.4, -0.2) is 0 Å². The molecular weight excluding hydrogens is 297 g/mol. The van der Waals surface area contributed by atoms with Crippen molar-refractivity contribution in [1.29, 1.82) is 0 Å². The molecule has 0 aromatic heterocycles. The van der Waals surface area contributed by atoms with Crippen molar-refractivity contribution in [3.63, 3.8) is 0 Å². The molecule has 4 heteroatoms. The van der Waals surface area contributed by atoms with Gasteiger partial charge in [0.05, 0.1) is 0 Å². The van der Waals surface area contributed by atoms with E-state index in [4.69, 9.17) is 10.5 Å². The number of ether oxygens (including phenoxy) is 1. The summed E-state index contributed by atoms with van der Waals surface area (Å²) in [7, 11) is 0. The minimum absolute atomic E-state index is 0.248. The molecule has 0 heterocycles. The van der Waals surface area contributed by atoms with Crippen LogP contribution < -0.4 is 10.5 Å². The highest BCUT2D eigenvalue weighted by molar-refractivity contribution is 9.10. The van der Waals surface area contributed by atoms with Crippen molar-refractivity contribution in [1.82, 2.24) is 0 Å². The number of anilines is 1. The molecule has 2 rings (SSSR count). The monoisotopic (exact) mass is 309 g/mol. The largest absolute Gasteiger partial charge is 0.486 e. The van der Waals surface area contributed by atoms with Gasteiger partial charge < -0.3 is 10.5 Å². The molecule has 0 atom stereocenters. The second kappa shape index (κ2) is 5.40. The minimum atomic E-state index is -0.365. The molecule has 2 aromatic rings. The van der Waals surface area contributed by atoms with E-state index in [0.717, 1.165) is 15.6 Å². The molecule has 0 saturated heterocycles. The summed E-state index contributed by atoms with van der Waals surface area (Å²) in [4.78, 5) is 0. The molecule has 0 spiro atoms. The van der Waals surface area contributed by atoms with Crippen molar-refractivity contribution >= 4 is 21.6 Å². The van der Waals surface area contributed by atoms with Gasteiger partial charge in [-0.25, -0.2) is 4.39 Å². The fourth-order valence-electron chi connectivity index (χ4n) is 1.57. The normalized spacial score (nSPS) is 10.4. The fraction of sp³-hybridized carbons (Fsp3) is 0.143. The highest BCUT2D eigenvalue weighted by atomic mass is 79.9. The number of aryl methyl sites for hydroxylation is 1. The van der Waals surface area contributed by atoms with Gasteiger partial charge in [-0.2, -0.15) is 0 Å². The molecule has 0 amide bonds. The van der Waals surface area contributed by atoms with Crippen LogP contribution in [0.5, 0.6) is 5.75 Å². The second-order valence-electron chi connectivity index (χ2n) is 4.07. The van der Waals surface area contributed by atoms with Crippen LogP contribution in [0.2, 0.25) is 0 Å². The molecule has 0 aliphatic heterocycles. The SMILES string of the molecule is Cc1ccc(F)c(OCc2ccc(Br)cc2N)c1. The van der Waals surface area contributed by atoms with Crippen LogP contribution in [0.3, 0.4) is 0 Å². The van der Waals surface area contributed by atoms with E-state index in [-0.39, 0.29) is 18.2 Å². The Labute approximate surface area is 114 Å². The van der Waals surface area contributed by atoms with Gasteiger partial charge in [0.15, 0.2) is 11.6 Å². The molecule has 2 N–H and O–H groups in total. The van der Waals surface area contributed by atoms with Crippen LogP contribution in [0.15, 0.2) is 40.9 Å². The van der Waals surface area contributed by atoms with Gasteiger partial charge in [0, 0.05) is 15.7 Å². The van der Waals surface area contributed by atoms with Gasteiger partial charge in [0.25, 0.3) is 0 Å². The predicted molar refractivity (Wildman–Crippen MR) is 74.0 cm³/mol. The van der Waals surface area contributed by atoms with Crippen LogP contribution >= 0.6 is 15.9 Å². The molecule has 94 valence electrons. The zero-order valence-corrected chi connectivity index (χ0v) is 11.5. The maximum Gasteiger partial charge on any atom is 0.165 e. The molecule has 2 aromatic carbocycles. The smallest absolute Gasteiger partial charge is 0.165 e. The minimum Gasteiger partial charge on any atom is -0.486 e. The fourth-order valence-corrected chi connectivity index (χ4v) is 1.95. The maximum absolute atomic E-state index is 13.5. The summed E-state index contributed by atoms with van der Waals surface area (Å²) in [5.41, 5.74) is 8.26. The van der Waals surface area contributed by atoms with Crippen LogP contribution in [0.4, 0.5) is 10.1 Å². The summed E-state index contributed by atoms with van der Waals surface area (Å²) in [6.07, 6.45) is 0. The van der Waals surface area contributed by atoms with Crippen LogP contribution in [0, 0.1) is 12.7 Å². The predicted octanol–water partition coefficient (Wildman–Crippen LogP) is 4.06. The first-order valence-corrected chi connectivity index (χ1v) is 6.28. The van der Waals surface area contributed by atoms with Gasteiger partial charge in [-0.3, -0.25) is 0 Å². The summed E-state index contributed by atoms with van der Waals surface area (Å²) >= 11 is 3.33. The molecule has 0 bridgehead atoms. The number of benzene rings is 2. The summed E-state index contributed by atoms with van der Waals surface area (Å²) in [5, 5.41) is 0. The maximum atomic E-state index is 13.5. The Bertz CT molecular complexity index is 572. The highest BCUT2D eigenvalue weighted by Crippen LogP contribution is 2.23. The molecule has 18 heavy (non-hydrogen) atoms. The standard InChI is InChI=1S/C14H13BrFNO/c1-9-2-5-12(16)14(6-9)18-8-10-3-4-11(15)7-13(10)17/h2-7H,8,17H2,1H3. The van der Waals surface area contributed by atoms with Gasteiger partial charge >= 0.3 is 0 Å². The van der Waals surface area contributed by atoms with E-state index >= 15 is 0 Å². The molecular formula is C14H13BrFNO. The van der Waals surface area contributed by atoms with Crippen molar-refractivity contribution < 1.29 is 9.13 Å². The van der Waals surface area contributed by atoms with Crippen LogP contribution in [0.25, 0.3) is 0 Å². The average Bonchev–Trinajstić information content (AvgIpc) is 2.32. The van der Waals surface area contributed by atoms with Crippen molar-refractivity contribution in [2.24, 2.45) is 0 Å². The van der Waals surface area contributed by atoms with Crippen molar-refractivity contribution in [3.8, 4) is 5.75 Å². The summed E-state index contributed by atoms with van der Waals surface area (Å²) in [5.74, 6) is -0.117. The molecule has 0 radical (unpaired) electrons. The third-order valence-corrected chi connectivity index (χ3v) is 3.07. The van der Waals surface area contributed by atoms with Gasteiger partial charge in [0.1, 0.15) is 6.61 Å². The quantitative estimate of drug-likeness (QED) is 0.868. The Morgan fingerprint density at radius 2 is 2.00 bits per heavy atom. The van der Waals surface area contributed by atoms with Crippen molar-refractivity contribution in [3.05, 3.63) is 57.8 Å². The first-order valence-electron chi connectivity index (χ1n) is 5.49. The first-order chi connectivity index (χ1) is 8.56. The van der Waals surface area contributed by atoms with Gasteiger partial charge in [-0.15, -0.1) is 0 Å². The lowest BCUT2D eigenvalue weighted by Gasteiger charge is -2.10. The molecule has 0 aliphatic carbocycles. The number of halogens is 2. The van der Waals surface area contributed by atoms with E-state index in [9.17, 15) is 4.39 Å². The van der Waals surface area contributed by atoms with Gasteiger partial charge in [-0.05, 0) is 36.8 Å². The Hall–Kier alpha value is -1.55. The van der Waals surface area contributed by atoms with E-state index in [1.54, 1.807) is 18.2 Å². The number of rotatable bonds is 3. The Morgan fingerprint density at radius 1 is 1.22 bits per heavy atom. The number of nitrogens with two attached hydrogens (primary N) is 1. The summed E-state index contributed by atoms with van der Waals surface area (Å²) < 4.78 is 19.8. The molecule has 0 saturated carbocycles. The number of nitrogen functional groups attached to an aromatic ring is 1.